The van der Waals surface area contributed by atoms with Gasteiger partial charge in [0.25, 0.3) is 17.6 Å². The zero-order valence-corrected chi connectivity index (χ0v) is 20.8. The van der Waals surface area contributed by atoms with Crippen LogP contribution in [0.1, 0.15) is 50.5 Å². The first kappa shape index (κ1) is 25.0. The molecule has 0 unspecified atom stereocenters. The fourth-order valence-electron chi connectivity index (χ4n) is 4.59. The maximum absolute atomic E-state index is 13.6. The minimum absolute atomic E-state index is 0.146. The number of hydrogen-bond donors (Lipinski definition) is 2. The van der Waals surface area contributed by atoms with Crippen molar-refractivity contribution >= 4 is 29.2 Å². The van der Waals surface area contributed by atoms with E-state index in [2.05, 4.69) is 20.6 Å². The number of piperidine rings is 1. The number of nitrogens with zero attached hydrogens (tertiary/aromatic N) is 4. The minimum Gasteiger partial charge on any atom is -0.346 e. The highest BCUT2D eigenvalue weighted by atomic mass is 19.1. The van der Waals surface area contributed by atoms with E-state index in [9.17, 15) is 18.8 Å². The van der Waals surface area contributed by atoms with Crippen molar-refractivity contribution in [2.75, 3.05) is 23.3 Å². The standard InChI is InChI=1S/C26H29FN6O3/c1-15-14-19(6-7-20(15)27)31-24(35)21-16(2)22(32(4)17(21)3)23(34)25(36)30-18-8-12-33(13-9-18)26-28-10-5-11-29-26/h5-7,10-11,14,18H,8-9,12-13H2,1-4H3,(H,30,36)(H,31,35). The third kappa shape index (κ3) is 4.98. The van der Waals surface area contributed by atoms with E-state index in [1.165, 1.54) is 18.2 Å². The van der Waals surface area contributed by atoms with Gasteiger partial charge in [0.1, 0.15) is 5.82 Å². The predicted molar refractivity (Wildman–Crippen MR) is 134 cm³/mol. The molecule has 2 aromatic heterocycles. The van der Waals surface area contributed by atoms with Crippen LogP contribution in [0.15, 0.2) is 36.7 Å². The highest BCUT2D eigenvalue weighted by Gasteiger charge is 2.30. The maximum atomic E-state index is 13.6. The Morgan fingerprint density at radius 1 is 1.06 bits per heavy atom. The van der Waals surface area contributed by atoms with Crippen LogP contribution in [0.25, 0.3) is 0 Å². The van der Waals surface area contributed by atoms with E-state index in [1.807, 2.05) is 4.90 Å². The van der Waals surface area contributed by atoms with Crippen LogP contribution in [0.5, 0.6) is 0 Å². The quantitative estimate of drug-likeness (QED) is 0.404. The SMILES string of the molecule is Cc1cc(NC(=O)c2c(C)c(C(=O)C(=O)NC3CCN(c4ncccn4)CC3)n(C)c2C)ccc1F. The number of nitrogens with one attached hydrogen (secondary N) is 2. The normalized spacial score (nSPS) is 14.0. The number of hydrogen-bond acceptors (Lipinski definition) is 6. The summed E-state index contributed by atoms with van der Waals surface area (Å²) in [6.07, 6.45) is 4.70. The van der Waals surface area contributed by atoms with Crippen LogP contribution < -0.4 is 15.5 Å². The molecular weight excluding hydrogens is 463 g/mol. The maximum Gasteiger partial charge on any atom is 0.294 e. The molecule has 0 spiro atoms. The average molecular weight is 493 g/mol. The van der Waals surface area contributed by atoms with Crippen molar-refractivity contribution in [1.29, 1.82) is 0 Å². The molecule has 0 bridgehead atoms. The number of ketones is 1. The van der Waals surface area contributed by atoms with Gasteiger partial charge in [-0.15, -0.1) is 0 Å². The molecule has 0 saturated carbocycles. The third-order valence-electron chi connectivity index (χ3n) is 6.66. The van der Waals surface area contributed by atoms with E-state index < -0.39 is 17.6 Å². The van der Waals surface area contributed by atoms with Gasteiger partial charge in [-0.1, -0.05) is 0 Å². The van der Waals surface area contributed by atoms with Gasteiger partial charge < -0.3 is 20.1 Å². The Hall–Kier alpha value is -4.08. The molecule has 10 heteroatoms. The van der Waals surface area contributed by atoms with E-state index >= 15 is 0 Å². The van der Waals surface area contributed by atoms with E-state index in [4.69, 9.17) is 0 Å². The van der Waals surface area contributed by atoms with Crippen molar-refractivity contribution < 1.29 is 18.8 Å². The Balaban J connectivity index is 1.44. The first-order chi connectivity index (χ1) is 17.2. The van der Waals surface area contributed by atoms with E-state index in [1.54, 1.807) is 50.8 Å². The van der Waals surface area contributed by atoms with Crippen molar-refractivity contribution in [3.8, 4) is 0 Å². The number of aryl methyl sites for hydroxylation is 1. The van der Waals surface area contributed by atoms with Crippen LogP contribution in [0.2, 0.25) is 0 Å². The van der Waals surface area contributed by atoms with Gasteiger partial charge in [-0.05, 0) is 69.0 Å². The molecule has 3 heterocycles. The third-order valence-corrected chi connectivity index (χ3v) is 6.66. The average Bonchev–Trinajstić information content (AvgIpc) is 3.09. The molecule has 9 nitrogen and oxygen atoms in total. The number of Topliss-reactive ketones (excluding diaryl/α,β-unsaturated/α-hetero) is 1. The van der Waals surface area contributed by atoms with Crippen LogP contribution in [0.4, 0.5) is 16.0 Å². The molecular formula is C26H29FN6O3. The summed E-state index contributed by atoms with van der Waals surface area (Å²) < 4.78 is 15.1. The first-order valence-electron chi connectivity index (χ1n) is 11.8. The second-order valence-corrected chi connectivity index (χ2v) is 9.02. The summed E-state index contributed by atoms with van der Waals surface area (Å²) in [5.41, 5.74) is 2.30. The molecule has 1 saturated heterocycles. The van der Waals surface area contributed by atoms with Gasteiger partial charge in [0.2, 0.25) is 5.95 Å². The van der Waals surface area contributed by atoms with Gasteiger partial charge in [0.05, 0.1) is 11.3 Å². The Kier molecular flexibility index (Phi) is 7.14. The lowest BCUT2D eigenvalue weighted by Crippen LogP contribution is -2.47. The summed E-state index contributed by atoms with van der Waals surface area (Å²) in [5.74, 6) is -1.53. The molecule has 2 amide bonds. The van der Waals surface area contributed by atoms with Crippen LogP contribution >= 0.6 is 0 Å². The summed E-state index contributed by atoms with van der Waals surface area (Å²) in [5, 5.41) is 5.60. The summed E-state index contributed by atoms with van der Waals surface area (Å²) in [6, 6.07) is 5.91. The molecule has 1 aromatic carbocycles. The number of rotatable bonds is 6. The number of aromatic nitrogens is 3. The molecule has 3 aromatic rings. The summed E-state index contributed by atoms with van der Waals surface area (Å²) >= 11 is 0. The Bertz CT molecular complexity index is 1310. The Labute approximate surface area is 208 Å². The molecule has 1 aliphatic rings. The van der Waals surface area contributed by atoms with Gasteiger partial charge in [0.15, 0.2) is 0 Å². The molecule has 1 fully saturated rings. The lowest BCUT2D eigenvalue weighted by molar-refractivity contribution is -0.117. The number of anilines is 2. The summed E-state index contributed by atoms with van der Waals surface area (Å²) in [4.78, 5) is 49.6. The second kappa shape index (κ2) is 10.3. The molecule has 0 atom stereocenters. The number of carbonyl (C=O) groups is 3. The predicted octanol–water partition coefficient (Wildman–Crippen LogP) is 3.10. The van der Waals surface area contributed by atoms with Gasteiger partial charge >= 0.3 is 0 Å². The number of carbonyl (C=O) groups excluding carboxylic acids is 3. The molecule has 36 heavy (non-hydrogen) atoms. The fraction of sp³-hybridized carbons (Fsp3) is 0.346. The fourth-order valence-corrected chi connectivity index (χ4v) is 4.59. The Morgan fingerprint density at radius 3 is 2.36 bits per heavy atom. The number of halogens is 1. The van der Waals surface area contributed by atoms with Crippen LogP contribution in [-0.4, -0.2) is 51.3 Å². The van der Waals surface area contributed by atoms with Gasteiger partial charge in [-0.3, -0.25) is 14.4 Å². The van der Waals surface area contributed by atoms with E-state index in [0.29, 0.717) is 60.0 Å². The highest BCUT2D eigenvalue weighted by Crippen LogP contribution is 2.24. The van der Waals surface area contributed by atoms with Gasteiger partial charge in [-0.2, -0.15) is 0 Å². The molecule has 4 rings (SSSR count). The monoisotopic (exact) mass is 492 g/mol. The lowest BCUT2D eigenvalue weighted by Gasteiger charge is -2.32. The van der Waals surface area contributed by atoms with Gasteiger partial charge in [0, 0.05) is 50.0 Å². The van der Waals surface area contributed by atoms with Crippen LogP contribution in [0, 0.1) is 26.6 Å². The van der Waals surface area contributed by atoms with Crippen LogP contribution in [0.3, 0.4) is 0 Å². The van der Waals surface area contributed by atoms with Crippen molar-refractivity contribution in [3.05, 3.63) is 70.6 Å². The summed E-state index contributed by atoms with van der Waals surface area (Å²) in [7, 11) is 1.65. The molecule has 0 radical (unpaired) electrons. The zero-order chi connectivity index (χ0) is 26.0. The molecule has 188 valence electrons. The molecule has 0 aliphatic carbocycles. The van der Waals surface area contributed by atoms with Crippen molar-refractivity contribution in [2.24, 2.45) is 7.05 Å². The number of benzene rings is 1. The largest absolute Gasteiger partial charge is 0.346 e. The molecule has 1 aliphatic heterocycles. The van der Waals surface area contributed by atoms with Crippen molar-refractivity contribution in [2.45, 2.75) is 39.7 Å². The van der Waals surface area contributed by atoms with Gasteiger partial charge in [-0.25, -0.2) is 14.4 Å². The minimum atomic E-state index is -0.700. The Morgan fingerprint density at radius 2 is 1.72 bits per heavy atom. The zero-order valence-electron chi connectivity index (χ0n) is 20.8. The molecule has 2 N–H and O–H groups in total. The smallest absolute Gasteiger partial charge is 0.294 e. The second-order valence-electron chi connectivity index (χ2n) is 9.02. The van der Waals surface area contributed by atoms with Crippen molar-refractivity contribution in [1.82, 2.24) is 19.9 Å². The first-order valence-corrected chi connectivity index (χ1v) is 11.8. The topological polar surface area (TPSA) is 109 Å². The summed E-state index contributed by atoms with van der Waals surface area (Å²) in [6.45, 7) is 6.31. The lowest BCUT2D eigenvalue weighted by atomic mass is 10.0. The number of amides is 2. The van der Waals surface area contributed by atoms with E-state index in [-0.39, 0.29) is 17.6 Å². The highest BCUT2D eigenvalue weighted by molar-refractivity contribution is 6.43. The van der Waals surface area contributed by atoms with E-state index in [0.717, 1.165) is 0 Å². The van der Waals surface area contributed by atoms with Crippen molar-refractivity contribution in [3.63, 3.8) is 0 Å². The van der Waals surface area contributed by atoms with Crippen LogP contribution in [-0.2, 0) is 11.8 Å².